The zero-order valence-corrected chi connectivity index (χ0v) is 13.1. The molecule has 0 saturated heterocycles. The Bertz CT molecular complexity index is 645. The molecule has 1 heterocycles. The zero-order chi connectivity index (χ0) is 16.0. The van der Waals surface area contributed by atoms with Gasteiger partial charge in [0.25, 0.3) is 5.91 Å². The van der Waals surface area contributed by atoms with Gasteiger partial charge in [-0.25, -0.2) is 0 Å². The molecule has 0 unspecified atom stereocenters. The van der Waals surface area contributed by atoms with Gasteiger partial charge in [-0.3, -0.25) is 9.59 Å². The molecule has 4 atom stereocenters. The second-order valence-electron chi connectivity index (χ2n) is 7.12. The van der Waals surface area contributed by atoms with Gasteiger partial charge in [0.15, 0.2) is 6.10 Å². The van der Waals surface area contributed by atoms with Gasteiger partial charge in [-0.2, -0.15) is 0 Å². The summed E-state index contributed by atoms with van der Waals surface area (Å²) in [6, 6.07) is 7.36. The van der Waals surface area contributed by atoms with Crippen molar-refractivity contribution in [2.75, 3.05) is 11.4 Å². The number of nitrogens with two attached hydrogens (primary N) is 1. The van der Waals surface area contributed by atoms with E-state index in [2.05, 4.69) is 0 Å². The molecule has 1 aromatic rings. The second kappa shape index (κ2) is 5.55. The SMILES string of the molecule is NC(=O)[C@@H]1CN(C(=O)C[C@H]2C[C@H]3CC[C@H]2C3)c2ccccc2O1. The van der Waals surface area contributed by atoms with E-state index >= 15 is 0 Å². The topological polar surface area (TPSA) is 72.6 Å². The number of hydrogen-bond donors (Lipinski definition) is 1. The highest BCUT2D eigenvalue weighted by Crippen LogP contribution is 2.50. The fourth-order valence-electron chi connectivity index (χ4n) is 4.58. The molecular weight excluding hydrogens is 292 g/mol. The molecule has 0 spiro atoms. The normalized spacial score (nSPS) is 31.6. The van der Waals surface area contributed by atoms with Crippen LogP contribution in [0.2, 0.25) is 0 Å². The van der Waals surface area contributed by atoms with E-state index in [9.17, 15) is 9.59 Å². The van der Waals surface area contributed by atoms with Gasteiger partial charge in [-0.15, -0.1) is 0 Å². The summed E-state index contributed by atoms with van der Waals surface area (Å²) in [5.41, 5.74) is 6.15. The average Bonchev–Trinajstić information content (AvgIpc) is 3.16. The first-order chi connectivity index (χ1) is 11.1. The van der Waals surface area contributed by atoms with Crippen LogP contribution < -0.4 is 15.4 Å². The van der Waals surface area contributed by atoms with Crippen molar-refractivity contribution in [2.24, 2.45) is 23.5 Å². The van der Waals surface area contributed by atoms with E-state index in [0.29, 0.717) is 24.0 Å². The molecule has 23 heavy (non-hydrogen) atoms. The van der Waals surface area contributed by atoms with Gasteiger partial charge in [-0.1, -0.05) is 18.6 Å². The van der Waals surface area contributed by atoms with Crippen LogP contribution >= 0.6 is 0 Å². The van der Waals surface area contributed by atoms with E-state index in [1.807, 2.05) is 18.2 Å². The van der Waals surface area contributed by atoms with E-state index in [1.54, 1.807) is 11.0 Å². The molecule has 0 radical (unpaired) electrons. The summed E-state index contributed by atoms with van der Waals surface area (Å²) in [6.45, 7) is 0.214. The van der Waals surface area contributed by atoms with Crippen LogP contribution in [0.15, 0.2) is 24.3 Å². The monoisotopic (exact) mass is 314 g/mol. The van der Waals surface area contributed by atoms with Crippen molar-refractivity contribution in [3.63, 3.8) is 0 Å². The number of rotatable bonds is 3. The zero-order valence-electron chi connectivity index (χ0n) is 13.1. The molecule has 2 fully saturated rings. The minimum Gasteiger partial charge on any atom is -0.477 e. The molecule has 1 aliphatic heterocycles. The predicted molar refractivity (Wildman–Crippen MR) is 86.0 cm³/mol. The first kappa shape index (κ1) is 14.5. The number of nitrogens with zero attached hydrogens (tertiary/aromatic N) is 1. The Morgan fingerprint density at radius 3 is 2.74 bits per heavy atom. The number of para-hydroxylation sites is 2. The lowest BCUT2D eigenvalue weighted by Gasteiger charge is -2.34. The molecule has 5 heteroatoms. The molecule has 2 amide bonds. The molecule has 2 bridgehead atoms. The van der Waals surface area contributed by atoms with Crippen molar-refractivity contribution in [3.05, 3.63) is 24.3 Å². The van der Waals surface area contributed by atoms with Gasteiger partial charge in [0.2, 0.25) is 5.91 Å². The third kappa shape index (κ3) is 2.58. The fourth-order valence-corrected chi connectivity index (χ4v) is 4.58. The quantitative estimate of drug-likeness (QED) is 0.928. The van der Waals surface area contributed by atoms with Crippen LogP contribution in [-0.2, 0) is 9.59 Å². The Hall–Kier alpha value is -2.04. The van der Waals surface area contributed by atoms with Gasteiger partial charge >= 0.3 is 0 Å². The first-order valence-electron chi connectivity index (χ1n) is 8.47. The highest BCUT2D eigenvalue weighted by molar-refractivity contribution is 5.97. The average molecular weight is 314 g/mol. The second-order valence-corrected chi connectivity index (χ2v) is 7.12. The minimum atomic E-state index is -0.770. The Morgan fingerprint density at radius 1 is 1.22 bits per heavy atom. The number of carbonyl (C=O) groups excluding carboxylic acids is 2. The van der Waals surface area contributed by atoms with E-state index < -0.39 is 12.0 Å². The molecule has 1 aromatic carbocycles. The van der Waals surface area contributed by atoms with Crippen molar-refractivity contribution in [3.8, 4) is 5.75 Å². The van der Waals surface area contributed by atoms with Crippen LogP contribution in [0, 0.1) is 17.8 Å². The summed E-state index contributed by atoms with van der Waals surface area (Å²) in [4.78, 5) is 26.1. The molecule has 4 rings (SSSR count). The molecule has 3 aliphatic rings. The van der Waals surface area contributed by atoms with Crippen LogP contribution in [0.3, 0.4) is 0 Å². The lowest BCUT2D eigenvalue weighted by molar-refractivity contribution is -0.125. The van der Waals surface area contributed by atoms with Crippen molar-refractivity contribution in [1.82, 2.24) is 0 Å². The third-order valence-corrected chi connectivity index (χ3v) is 5.71. The number of hydrogen-bond acceptors (Lipinski definition) is 3. The van der Waals surface area contributed by atoms with E-state index in [4.69, 9.17) is 10.5 Å². The maximum Gasteiger partial charge on any atom is 0.260 e. The smallest absolute Gasteiger partial charge is 0.260 e. The van der Waals surface area contributed by atoms with Crippen molar-refractivity contribution < 1.29 is 14.3 Å². The van der Waals surface area contributed by atoms with Crippen LogP contribution in [0.25, 0.3) is 0 Å². The number of ether oxygens (including phenoxy) is 1. The highest BCUT2D eigenvalue weighted by atomic mass is 16.5. The van der Waals surface area contributed by atoms with Gasteiger partial charge in [0.1, 0.15) is 5.75 Å². The summed E-state index contributed by atoms with van der Waals surface area (Å²) >= 11 is 0. The number of anilines is 1. The highest BCUT2D eigenvalue weighted by Gasteiger charge is 2.41. The van der Waals surface area contributed by atoms with E-state index in [-0.39, 0.29) is 12.5 Å². The summed E-state index contributed by atoms with van der Waals surface area (Å²) in [6.07, 6.45) is 4.88. The fraction of sp³-hybridized carbons (Fsp3) is 0.556. The Balaban J connectivity index is 1.54. The Morgan fingerprint density at radius 2 is 2.04 bits per heavy atom. The summed E-state index contributed by atoms with van der Waals surface area (Å²) in [5, 5.41) is 0. The minimum absolute atomic E-state index is 0.0875. The molecule has 122 valence electrons. The van der Waals surface area contributed by atoms with Crippen molar-refractivity contribution >= 4 is 17.5 Å². The summed E-state index contributed by atoms with van der Waals surface area (Å²) in [7, 11) is 0. The molecule has 2 saturated carbocycles. The summed E-state index contributed by atoms with van der Waals surface area (Å²) < 4.78 is 5.62. The van der Waals surface area contributed by atoms with Gasteiger partial charge < -0.3 is 15.4 Å². The van der Waals surface area contributed by atoms with Gasteiger partial charge in [0.05, 0.1) is 12.2 Å². The standard InChI is InChI=1S/C18H22N2O3/c19-18(22)16-10-20(14-3-1-2-4-15(14)23-16)17(21)9-13-8-11-5-6-12(13)7-11/h1-4,11-13,16H,5-10H2,(H2,19,22)/t11-,12-,13+,16-/m0/s1. The van der Waals surface area contributed by atoms with E-state index in [1.165, 1.54) is 25.7 Å². The number of fused-ring (bicyclic) bond motifs is 3. The number of primary amides is 1. The number of benzene rings is 1. The molecule has 5 nitrogen and oxygen atoms in total. The first-order valence-corrected chi connectivity index (χ1v) is 8.47. The van der Waals surface area contributed by atoms with Crippen LogP contribution in [-0.4, -0.2) is 24.5 Å². The summed E-state index contributed by atoms with van der Waals surface area (Å²) in [5.74, 6) is 2.16. The largest absolute Gasteiger partial charge is 0.477 e. The maximum atomic E-state index is 12.9. The lowest BCUT2D eigenvalue weighted by Crippen LogP contribution is -2.49. The third-order valence-electron chi connectivity index (χ3n) is 5.71. The molecule has 2 aliphatic carbocycles. The van der Waals surface area contributed by atoms with Crippen LogP contribution in [0.1, 0.15) is 32.1 Å². The Labute approximate surface area is 135 Å². The number of carbonyl (C=O) groups is 2. The maximum absolute atomic E-state index is 12.9. The Kier molecular flexibility index (Phi) is 3.51. The van der Waals surface area contributed by atoms with Gasteiger partial charge in [-0.05, 0) is 49.1 Å². The molecule has 0 aromatic heterocycles. The number of amides is 2. The lowest BCUT2D eigenvalue weighted by atomic mass is 9.86. The van der Waals surface area contributed by atoms with Crippen LogP contribution in [0.5, 0.6) is 5.75 Å². The molecular formula is C18H22N2O3. The van der Waals surface area contributed by atoms with Gasteiger partial charge in [0, 0.05) is 6.42 Å². The predicted octanol–water partition coefficient (Wildman–Crippen LogP) is 2.09. The van der Waals surface area contributed by atoms with Crippen LogP contribution in [0.4, 0.5) is 5.69 Å². The molecule has 2 N–H and O–H groups in total. The van der Waals surface area contributed by atoms with E-state index in [0.717, 1.165) is 11.6 Å². The van der Waals surface area contributed by atoms with Crippen molar-refractivity contribution in [1.29, 1.82) is 0 Å². The van der Waals surface area contributed by atoms with Crippen molar-refractivity contribution in [2.45, 2.75) is 38.2 Å².